The van der Waals surface area contributed by atoms with Crippen LogP contribution >= 0.6 is 0 Å². The van der Waals surface area contributed by atoms with Gasteiger partial charge in [0.2, 0.25) is 0 Å². The second-order valence-electron chi connectivity index (χ2n) is 3.98. The Bertz CT molecular complexity index is 584. The van der Waals surface area contributed by atoms with Crippen molar-refractivity contribution in [2.45, 2.75) is 6.92 Å². The van der Waals surface area contributed by atoms with Gasteiger partial charge in [-0.3, -0.25) is 4.79 Å². The Morgan fingerprint density at radius 2 is 2.20 bits per heavy atom. The molecule has 0 aliphatic heterocycles. The molecule has 0 saturated heterocycles. The van der Waals surface area contributed by atoms with Gasteiger partial charge in [-0.05, 0) is 6.92 Å². The van der Waals surface area contributed by atoms with Crippen LogP contribution in [0.4, 0.5) is 11.6 Å². The molecule has 8 heteroatoms. The van der Waals surface area contributed by atoms with E-state index in [-0.39, 0.29) is 11.6 Å². The zero-order chi connectivity index (χ0) is 14.4. The summed E-state index contributed by atoms with van der Waals surface area (Å²) in [5.74, 6) is 1.38. The molecule has 0 unspecified atom stereocenters. The fourth-order valence-corrected chi connectivity index (χ4v) is 1.46. The predicted octanol–water partition coefficient (Wildman–Crippen LogP) is 0.893. The first-order chi connectivity index (χ1) is 9.69. The van der Waals surface area contributed by atoms with Crippen molar-refractivity contribution in [1.29, 1.82) is 0 Å². The van der Waals surface area contributed by atoms with Crippen molar-refractivity contribution in [3.05, 3.63) is 29.9 Å². The van der Waals surface area contributed by atoms with Gasteiger partial charge >= 0.3 is 0 Å². The summed E-state index contributed by atoms with van der Waals surface area (Å²) in [4.78, 5) is 19.7. The van der Waals surface area contributed by atoms with Crippen LogP contribution in [0.15, 0.2) is 23.0 Å². The molecule has 0 radical (unpaired) electrons. The fourth-order valence-electron chi connectivity index (χ4n) is 1.46. The van der Waals surface area contributed by atoms with E-state index in [0.29, 0.717) is 30.5 Å². The van der Waals surface area contributed by atoms with Crippen LogP contribution in [-0.2, 0) is 4.74 Å². The molecule has 0 atom stereocenters. The normalized spacial score (nSPS) is 10.3. The maximum Gasteiger partial charge on any atom is 0.270 e. The number of hydrogen-bond acceptors (Lipinski definition) is 7. The molecular weight excluding hydrogens is 262 g/mol. The third kappa shape index (κ3) is 3.75. The molecule has 0 fully saturated rings. The number of hydrogen-bond donors (Lipinski definition) is 2. The van der Waals surface area contributed by atoms with Crippen LogP contribution in [0.1, 0.15) is 16.2 Å². The van der Waals surface area contributed by atoms with Gasteiger partial charge in [0, 0.05) is 25.8 Å². The number of amides is 1. The van der Waals surface area contributed by atoms with Gasteiger partial charge < -0.3 is 19.9 Å². The molecule has 0 aliphatic carbocycles. The van der Waals surface area contributed by atoms with Crippen molar-refractivity contribution in [3.63, 3.8) is 0 Å². The third-order valence-electron chi connectivity index (χ3n) is 2.38. The van der Waals surface area contributed by atoms with E-state index in [0.717, 1.165) is 0 Å². The molecule has 2 heterocycles. The Morgan fingerprint density at radius 3 is 2.90 bits per heavy atom. The van der Waals surface area contributed by atoms with Crippen molar-refractivity contribution in [2.24, 2.45) is 0 Å². The van der Waals surface area contributed by atoms with Gasteiger partial charge in [0.05, 0.1) is 6.61 Å². The number of methoxy groups -OCH3 is 1. The first kappa shape index (κ1) is 13.9. The molecule has 0 aliphatic rings. The number of rotatable bonds is 6. The number of ether oxygens (including phenoxy) is 1. The summed E-state index contributed by atoms with van der Waals surface area (Å²) < 4.78 is 9.79. The van der Waals surface area contributed by atoms with Gasteiger partial charge in [-0.1, -0.05) is 5.16 Å². The molecule has 1 amide bonds. The van der Waals surface area contributed by atoms with E-state index >= 15 is 0 Å². The summed E-state index contributed by atoms with van der Waals surface area (Å²) in [5.41, 5.74) is 0.263. The van der Waals surface area contributed by atoms with E-state index in [1.165, 1.54) is 12.4 Å². The van der Waals surface area contributed by atoms with Gasteiger partial charge in [-0.2, -0.15) is 0 Å². The van der Waals surface area contributed by atoms with Crippen molar-refractivity contribution in [1.82, 2.24) is 20.4 Å². The first-order valence-corrected chi connectivity index (χ1v) is 5.98. The van der Waals surface area contributed by atoms with E-state index < -0.39 is 0 Å². The highest BCUT2D eigenvalue weighted by molar-refractivity contribution is 5.92. The highest BCUT2D eigenvalue weighted by Gasteiger charge is 2.09. The first-order valence-electron chi connectivity index (χ1n) is 5.98. The highest BCUT2D eigenvalue weighted by Crippen LogP contribution is 2.14. The predicted molar refractivity (Wildman–Crippen MR) is 70.8 cm³/mol. The Labute approximate surface area is 115 Å². The maximum atomic E-state index is 11.8. The quantitative estimate of drug-likeness (QED) is 0.756. The molecule has 2 aromatic heterocycles. The minimum Gasteiger partial charge on any atom is -0.383 e. The van der Waals surface area contributed by atoms with Gasteiger partial charge in [0.15, 0.2) is 5.82 Å². The zero-order valence-corrected chi connectivity index (χ0v) is 11.2. The van der Waals surface area contributed by atoms with Crippen molar-refractivity contribution in [2.75, 3.05) is 25.6 Å². The maximum absolute atomic E-state index is 11.8. The SMILES string of the molecule is COCCNC(=O)c1cc(Nc2cc(C)on2)ncn1. The average Bonchev–Trinajstić information content (AvgIpc) is 2.84. The molecule has 20 heavy (non-hydrogen) atoms. The summed E-state index contributed by atoms with van der Waals surface area (Å²) in [6.45, 7) is 2.65. The molecular formula is C12H15N5O3. The number of carbonyl (C=O) groups is 1. The van der Waals surface area contributed by atoms with Crippen LogP contribution in [0.25, 0.3) is 0 Å². The topological polar surface area (TPSA) is 102 Å². The summed E-state index contributed by atoms with van der Waals surface area (Å²) >= 11 is 0. The molecule has 2 rings (SSSR count). The summed E-state index contributed by atoms with van der Waals surface area (Å²) in [6.07, 6.45) is 1.31. The summed E-state index contributed by atoms with van der Waals surface area (Å²) in [7, 11) is 1.57. The fraction of sp³-hybridized carbons (Fsp3) is 0.333. The lowest BCUT2D eigenvalue weighted by atomic mass is 10.3. The van der Waals surface area contributed by atoms with Gasteiger partial charge in [-0.15, -0.1) is 0 Å². The van der Waals surface area contributed by atoms with Crippen molar-refractivity contribution < 1.29 is 14.1 Å². The van der Waals surface area contributed by atoms with E-state index in [4.69, 9.17) is 9.26 Å². The Morgan fingerprint density at radius 1 is 1.35 bits per heavy atom. The Kier molecular flexibility index (Phi) is 4.61. The second kappa shape index (κ2) is 6.62. The summed E-state index contributed by atoms with van der Waals surface area (Å²) in [5, 5.41) is 9.39. The average molecular weight is 277 g/mol. The number of aromatic nitrogens is 3. The number of aryl methyl sites for hydroxylation is 1. The van der Waals surface area contributed by atoms with Gasteiger partial charge in [-0.25, -0.2) is 9.97 Å². The molecule has 2 aromatic rings. The van der Waals surface area contributed by atoms with E-state index in [1.807, 2.05) is 0 Å². The standard InChI is InChI=1S/C12H15N5O3/c1-8-5-11(17-20-8)16-10-6-9(14-7-15-10)12(18)13-3-4-19-2/h5-7H,3-4H2,1-2H3,(H,13,18)(H,14,15,16,17). The van der Waals surface area contributed by atoms with E-state index in [1.54, 1.807) is 20.1 Å². The van der Waals surface area contributed by atoms with Crippen LogP contribution in [-0.4, -0.2) is 41.3 Å². The van der Waals surface area contributed by atoms with Crippen LogP contribution in [0.2, 0.25) is 0 Å². The lowest BCUT2D eigenvalue weighted by Crippen LogP contribution is -2.27. The number of nitrogens with zero attached hydrogens (tertiary/aromatic N) is 3. The van der Waals surface area contributed by atoms with Crippen LogP contribution in [0.5, 0.6) is 0 Å². The van der Waals surface area contributed by atoms with E-state index in [2.05, 4.69) is 25.8 Å². The lowest BCUT2D eigenvalue weighted by Gasteiger charge is -2.05. The highest BCUT2D eigenvalue weighted by atomic mass is 16.5. The Hall–Kier alpha value is -2.48. The Balaban J connectivity index is 2.02. The van der Waals surface area contributed by atoms with Gasteiger partial charge in [0.1, 0.15) is 23.6 Å². The second-order valence-corrected chi connectivity index (χ2v) is 3.98. The molecule has 0 spiro atoms. The summed E-state index contributed by atoms with van der Waals surface area (Å²) in [6, 6.07) is 3.26. The van der Waals surface area contributed by atoms with E-state index in [9.17, 15) is 4.79 Å². The molecule has 8 nitrogen and oxygen atoms in total. The molecule has 0 saturated carbocycles. The molecule has 0 aromatic carbocycles. The lowest BCUT2D eigenvalue weighted by molar-refractivity contribution is 0.0932. The van der Waals surface area contributed by atoms with Crippen LogP contribution in [0, 0.1) is 6.92 Å². The third-order valence-corrected chi connectivity index (χ3v) is 2.38. The largest absolute Gasteiger partial charge is 0.383 e. The minimum atomic E-state index is -0.288. The van der Waals surface area contributed by atoms with Crippen LogP contribution < -0.4 is 10.6 Å². The number of anilines is 2. The minimum absolute atomic E-state index is 0.263. The molecule has 106 valence electrons. The smallest absolute Gasteiger partial charge is 0.270 e. The van der Waals surface area contributed by atoms with Crippen LogP contribution in [0.3, 0.4) is 0 Å². The number of carbonyl (C=O) groups excluding carboxylic acids is 1. The van der Waals surface area contributed by atoms with Gasteiger partial charge in [0.25, 0.3) is 5.91 Å². The molecule has 0 bridgehead atoms. The number of nitrogens with one attached hydrogen (secondary N) is 2. The zero-order valence-electron chi connectivity index (χ0n) is 11.2. The van der Waals surface area contributed by atoms with Crippen molar-refractivity contribution >= 4 is 17.5 Å². The molecule has 2 N–H and O–H groups in total. The van der Waals surface area contributed by atoms with Crippen molar-refractivity contribution in [3.8, 4) is 0 Å². The monoisotopic (exact) mass is 277 g/mol.